The maximum atomic E-state index is 12.1. The molecule has 0 saturated carbocycles. The first-order valence-corrected chi connectivity index (χ1v) is 8.47. The number of benzene rings is 2. The summed E-state index contributed by atoms with van der Waals surface area (Å²) < 4.78 is 0. The van der Waals surface area contributed by atoms with Gasteiger partial charge in [0, 0.05) is 38.7 Å². The summed E-state index contributed by atoms with van der Waals surface area (Å²) in [5.74, 6) is 0. The van der Waals surface area contributed by atoms with Crippen LogP contribution in [-0.2, 0) is 0 Å². The van der Waals surface area contributed by atoms with Gasteiger partial charge in [0.25, 0.3) is 11.2 Å². The van der Waals surface area contributed by atoms with E-state index < -0.39 is 10.5 Å². The minimum Gasteiger partial charge on any atom is -0.325 e. The molecular formula is C19H13N3O3S. The van der Waals surface area contributed by atoms with Crippen LogP contribution in [0.4, 0.5) is 5.69 Å². The Kier molecular flexibility index (Phi) is 4.87. The van der Waals surface area contributed by atoms with Crippen molar-refractivity contribution >= 4 is 17.4 Å². The molecule has 0 aliphatic rings. The van der Waals surface area contributed by atoms with E-state index in [1.165, 1.54) is 23.9 Å². The number of rotatable bonds is 4. The maximum absolute atomic E-state index is 12.1. The van der Waals surface area contributed by atoms with Gasteiger partial charge in [-0.05, 0) is 31.2 Å². The zero-order valence-electron chi connectivity index (χ0n) is 13.7. The zero-order chi connectivity index (χ0) is 18.7. The Hall–Kier alpha value is -3.37. The number of pyridine rings is 1. The predicted octanol–water partition coefficient (Wildman–Crippen LogP) is 4.28. The Labute approximate surface area is 153 Å². The van der Waals surface area contributed by atoms with Gasteiger partial charge in [0.15, 0.2) is 0 Å². The maximum Gasteiger partial charge on any atom is 0.270 e. The molecule has 2 aromatic carbocycles. The lowest BCUT2D eigenvalue weighted by Crippen LogP contribution is -2.13. The van der Waals surface area contributed by atoms with E-state index >= 15 is 0 Å². The van der Waals surface area contributed by atoms with Crippen LogP contribution in [-0.4, -0.2) is 9.91 Å². The number of nitrogens with one attached hydrogen (secondary N) is 1. The van der Waals surface area contributed by atoms with Crippen molar-refractivity contribution in [2.45, 2.75) is 16.7 Å². The summed E-state index contributed by atoms with van der Waals surface area (Å²) in [6.07, 6.45) is 0. The molecule has 0 radical (unpaired) electrons. The van der Waals surface area contributed by atoms with Gasteiger partial charge in [-0.15, -0.1) is 0 Å². The van der Waals surface area contributed by atoms with Crippen molar-refractivity contribution in [3.63, 3.8) is 0 Å². The van der Waals surface area contributed by atoms with E-state index in [2.05, 4.69) is 4.98 Å². The second kappa shape index (κ2) is 7.25. The lowest BCUT2D eigenvalue weighted by Gasteiger charge is -2.11. The third kappa shape index (κ3) is 3.50. The van der Waals surface area contributed by atoms with Crippen LogP contribution in [0.1, 0.15) is 11.3 Å². The molecule has 0 fully saturated rings. The van der Waals surface area contributed by atoms with Crippen LogP contribution in [0.2, 0.25) is 0 Å². The van der Waals surface area contributed by atoms with E-state index in [9.17, 15) is 20.2 Å². The van der Waals surface area contributed by atoms with Crippen molar-refractivity contribution in [1.82, 2.24) is 4.98 Å². The number of hydrogen-bond acceptors (Lipinski definition) is 5. The number of aromatic amines is 1. The van der Waals surface area contributed by atoms with E-state index in [1.807, 2.05) is 36.4 Å². The summed E-state index contributed by atoms with van der Waals surface area (Å²) in [4.78, 5) is 27.1. The second-order valence-corrected chi connectivity index (χ2v) is 6.65. The van der Waals surface area contributed by atoms with Crippen LogP contribution in [0, 0.1) is 28.4 Å². The number of nitriles is 1. The molecule has 3 aromatic rings. The van der Waals surface area contributed by atoms with Crippen LogP contribution in [0.25, 0.3) is 11.1 Å². The Morgan fingerprint density at radius 2 is 1.85 bits per heavy atom. The summed E-state index contributed by atoms with van der Waals surface area (Å²) in [6, 6.07) is 17.6. The number of non-ortho nitro benzene ring substituents is 1. The van der Waals surface area contributed by atoms with Gasteiger partial charge in [-0.25, -0.2) is 0 Å². The van der Waals surface area contributed by atoms with Gasteiger partial charge in [0.2, 0.25) is 0 Å². The monoisotopic (exact) mass is 363 g/mol. The fourth-order valence-corrected chi connectivity index (χ4v) is 3.52. The molecular weight excluding hydrogens is 350 g/mol. The molecule has 0 unspecified atom stereocenters. The zero-order valence-corrected chi connectivity index (χ0v) is 14.5. The first kappa shape index (κ1) is 17.5. The van der Waals surface area contributed by atoms with Crippen molar-refractivity contribution in [2.75, 3.05) is 0 Å². The molecule has 1 N–H and O–H groups in total. The molecule has 128 valence electrons. The highest BCUT2D eigenvalue weighted by molar-refractivity contribution is 7.99. The number of hydrogen-bond donors (Lipinski definition) is 1. The first-order valence-electron chi connectivity index (χ1n) is 7.65. The number of nitrogens with zero attached hydrogens (tertiary/aromatic N) is 2. The van der Waals surface area contributed by atoms with Crippen LogP contribution in [0.15, 0.2) is 69.2 Å². The summed E-state index contributed by atoms with van der Waals surface area (Å²) in [6.45, 7) is 1.70. The Balaban J connectivity index is 2.25. The fraction of sp³-hybridized carbons (Fsp3) is 0.0526. The van der Waals surface area contributed by atoms with E-state index in [0.717, 1.165) is 9.79 Å². The minimum atomic E-state index is -0.510. The van der Waals surface area contributed by atoms with Crippen molar-refractivity contribution < 1.29 is 4.92 Å². The van der Waals surface area contributed by atoms with Gasteiger partial charge in [-0.3, -0.25) is 14.9 Å². The average Bonchev–Trinajstić information content (AvgIpc) is 2.62. The number of nitro benzene ring substituents is 1. The number of aromatic nitrogens is 1. The molecule has 0 atom stereocenters. The average molecular weight is 363 g/mol. The summed E-state index contributed by atoms with van der Waals surface area (Å²) >= 11 is 1.42. The van der Waals surface area contributed by atoms with Crippen LogP contribution >= 0.6 is 11.8 Å². The van der Waals surface area contributed by atoms with E-state index in [0.29, 0.717) is 16.8 Å². The second-order valence-electron chi connectivity index (χ2n) is 5.53. The molecule has 0 aliphatic heterocycles. The van der Waals surface area contributed by atoms with Gasteiger partial charge < -0.3 is 4.98 Å². The smallest absolute Gasteiger partial charge is 0.270 e. The molecule has 0 saturated heterocycles. The third-order valence-electron chi connectivity index (χ3n) is 3.71. The SMILES string of the molecule is Cc1cc(-c2cc([N+](=O)[O-])ccc2Sc2ccccc2)c(C#N)c(=O)[nH]1. The summed E-state index contributed by atoms with van der Waals surface area (Å²) in [5, 5.41) is 20.6. The molecule has 3 rings (SSSR count). The van der Waals surface area contributed by atoms with Crippen LogP contribution < -0.4 is 5.56 Å². The number of H-pyrrole nitrogens is 1. The summed E-state index contributed by atoms with van der Waals surface area (Å²) in [5.41, 5.74) is 0.774. The molecule has 0 bridgehead atoms. The van der Waals surface area contributed by atoms with Crippen molar-refractivity contribution in [1.29, 1.82) is 5.26 Å². The van der Waals surface area contributed by atoms with Gasteiger partial charge >= 0.3 is 0 Å². The Bertz CT molecular complexity index is 1090. The summed E-state index contributed by atoms with van der Waals surface area (Å²) in [7, 11) is 0. The molecule has 1 heterocycles. The Morgan fingerprint density at radius 1 is 1.12 bits per heavy atom. The predicted molar refractivity (Wildman–Crippen MR) is 99.2 cm³/mol. The lowest BCUT2D eigenvalue weighted by molar-refractivity contribution is -0.384. The van der Waals surface area contributed by atoms with Crippen molar-refractivity contribution in [3.05, 3.63) is 86.3 Å². The standard InChI is InChI=1S/C19H13N3O3S/c1-12-9-15(17(11-20)19(23)21-12)16-10-13(22(24)25)7-8-18(16)26-14-5-3-2-4-6-14/h2-10H,1H3,(H,21,23). The number of aryl methyl sites for hydroxylation is 1. The van der Waals surface area contributed by atoms with E-state index in [-0.39, 0.29) is 11.3 Å². The van der Waals surface area contributed by atoms with Gasteiger partial charge in [-0.1, -0.05) is 30.0 Å². The van der Waals surface area contributed by atoms with Crippen LogP contribution in [0.5, 0.6) is 0 Å². The molecule has 0 amide bonds. The van der Waals surface area contributed by atoms with E-state index in [1.54, 1.807) is 19.1 Å². The molecule has 0 spiro atoms. The lowest BCUT2D eigenvalue weighted by atomic mass is 10.0. The molecule has 6 nitrogen and oxygen atoms in total. The van der Waals surface area contributed by atoms with Gasteiger partial charge in [-0.2, -0.15) is 5.26 Å². The topological polar surface area (TPSA) is 99.8 Å². The largest absolute Gasteiger partial charge is 0.325 e. The quantitative estimate of drug-likeness (QED) is 0.551. The normalized spacial score (nSPS) is 10.3. The van der Waals surface area contributed by atoms with Gasteiger partial charge in [0.1, 0.15) is 11.6 Å². The highest BCUT2D eigenvalue weighted by atomic mass is 32.2. The number of nitro groups is 1. The van der Waals surface area contributed by atoms with Crippen molar-refractivity contribution in [2.24, 2.45) is 0 Å². The molecule has 7 heteroatoms. The van der Waals surface area contributed by atoms with Gasteiger partial charge in [0.05, 0.1) is 4.92 Å². The molecule has 0 aliphatic carbocycles. The van der Waals surface area contributed by atoms with Crippen molar-refractivity contribution in [3.8, 4) is 17.2 Å². The van der Waals surface area contributed by atoms with Crippen LogP contribution in [0.3, 0.4) is 0 Å². The highest BCUT2D eigenvalue weighted by Gasteiger charge is 2.18. The van der Waals surface area contributed by atoms with E-state index in [4.69, 9.17) is 0 Å². The fourth-order valence-electron chi connectivity index (χ4n) is 2.56. The molecule has 1 aromatic heterocycles. The molecule has 26 heavy (non-hydrogen) atoms. The third-order valence-corrected chi connectivity index (χ3v) is 4.80. The minimum absolute atomic E-state index is 0.0639. The Morgan fingerprint density at radius 3 is 2.50 bits per heavy atom. The first-order chi connectivity index (χ1) is 12.5. The highest BCUT2D eigenvalue weighted by Crippen LogP contribution is 2.38.